The first-order valence-corrected chi connectivity index (χ1v) is 3.83. The van der Waals surface area contributed by atoms with Crippen molar-refractivity contribution in [1.29, 1.82) is 0 Å². The van der Waals surface area contributed by atoms with Gasteiger partial charge in [-0.1, -0.05) is 5.16 Å². The van der Waals surface area contributed by atoms with Crippen LogP contribution in [-0.2, 0) is 4.84 Å². The molecule has 0 aromatic rings. The Morgan fingerprint density at radius 3 is 2.73 bits per heavy atom. The predicted octanol–water partition coefficient (Wildman–Crippen LogP) is 0.922. The molecular weight excluding hydrogens is 164 g/mol. The summed E-state index contributed by atoms with van der Waals surface area (Å²) in [5.74, 6) is 0.747. The van der Waals surface area contributed by atoms with Crippen molar-refractivity contribution in [2.24, 2.45) is 16.8 Å². The van der Waals surface area contributed by atoms with Gasteiger partial charge in [-0.05, 0) is 12.8 Å². The zero-order chi connectivity index (χ0) is 6.97. The van der Waals surface area contributed by atoms with E-state index in [9.17, 15) is 0 Å². The van der Waals surface area contributed by atoms with Crippen LogP contribution in [0.25, 0.3) is 0 Å². The van der Waals surface area contributed by atoms with Crippen LogP contribution in [0.3, 0.4) is 0 Å². The van der Waals surface area contributed by atoms with Crippen molar-refractivity contribution >= 4 is 18.1 Å². The van der Waals surface area contributed by atoms with E-state index in [1.807, 2.05) is 0 Å². The number of rotatable bonds is 2. The minimum Gasteiger partial charge on any atom is -0.391 e. The van der Waals surface area contributed by atoms with Crippen molar-refractivity contribution in [3.05, 3.63) is 0 Å². The largest absolute Gasteiger partial charge is 0.391 e. The van der Waals surface area contributed by atoms with Gasteiger partial charge in [0.15, 0.2) is 0 Å². The molecule has 1 unspecified atom stereocenters. The second kappa shape index (κ2) is 3.41. The Labute approximate surface area is 72.4 Å². The van der Waals surface area contributed by atoms with Crippen LogP contribution in [0.15, 0.2) is 5.16 Å². The highest BCUT2D eigenvalue weighted by molar-refractivity contribution is 5.89. The van der Waals surface area contributed by atoms with E-state index in [0.717, 1.165) is 12.3 Å². The Morgan fingerprint density at radius 1 is 1.55 bits per heavy atom. The fraction of sp³-hybridized carbons (Fsp3) is 0.857. The van der Waals surface area contributed by atoms with Crippen LogP contribution in [0.2, 0.25) is 0 Å². The molecule has 1 saturated carbocycles. The van der Waals surface area contributed by atoms with Crippen LogP contribution in [0.1, 0.15) is 19.3 Å². The van der Waals surface area contributed by atoms with E-state index >= 15 is 0 Å². The van der Waals surface area contributed by atoms with E-state index in [1.165, 1.54) is 18.6 Å². The smallest absolute Gasteiger partial charge is 0.145 e. The van der Waals surface area contributed by atoms with Gasteiger partial charge in [0.05, 0.1) is 5.71 Å². The Hall–Kier alpha value is -0.280. The lowest BCUT2D eigenvalue weighted by Gasteiger charge is -2.01. The molecule has 0 aromatic carbocycles. The first-order valence-electron chi connectivity index (χ1n) is 3.83. The highest BCUT2D eigenvalue weighted by Crippen LogP contribution is 2.34. The zero-order valence-electron chi connectivity index (χ0n) is 6.32. The molecule has 1 fully saturated rings. The van der Waals surface area contributed by atoms with Crippen LogP contribution in [-0.4, -0.2) is 18.4 Å². The molecule has 1 aliphatic carbocycles. The zero-order valence-corrected chi connectivity index (χ0v) is 7.14. The van der Waals surface area contributed by atoms with E-state index in [4.69, 9.17) is 10.6 Å². The van der Waals surface area contributed by atoms with Gasteiger partial charge < -0.3 is 10.6 Å². The molecule has 1 atom stereocenters. The molecule has 1 heterocycles. The fourth-order valence-electron chi connectivity index (χ4n) is 1.23. The lowest BCUT2D eigenvalue weighted by atomic mass is 10.1. The van der Waals surface area contributed by atoms with E-state index in [2.05, 4.69) is 5.16 Å². The first-order chi connectivity index (χ1) is 4.90. The highest BCUT2D eigenvalue weighted by atomic mass is 35.5. The summed E-state index contributed by atoms with van der Waals surface area (Å²) in [4.78, 5) is 5.08. The summed E-state index contributed by atoms with van der Waals surface area (Å²) in [7, 11) is 0. The third kappa shape index (κ3) is 1.84. The predicted molar refractivity (Wildman–Crippen MR) is 46.0 cm³/mol. The average Bonchev–Trinajstić information content (AvgIpc) is 2.70. The molecule has 0 radical (unpaired) electrons. The molecule has 0 amide bonds. The van der Waals surface area contributed by atoms with Crippen molar-refractivity contribution in [3.63, 3.8) is 0 Å². The number of nitrogens with zero attached hydrogens (tertiary/aromatic N) is 1. The Bertz CT molecular complexity index is 168. The Morgan fingerprint density at radius 2 is 2.27 bits per heavy atom. The molecule has 0 saturated heterocycles. The molecule has 0 aromatic heterocycles. The normalized spacial score (nSPS) is 28.8. The van der Waals surface area contributed by atoms with Gasteiger partial charge >= 0.3 is 0 Å². The Balaban J connectivity index is 0.000000605. The maximum Gasteiger partial charge on any atom is 0.145 e. The summed E-state index contributed by atoms with van der Waals surface area (Å²) < 4.78 is 0. The number of oxime groups is 1. The third-order valence-electron chi connectivity index (χ3n) is 2.07. The number of nitrogens with two attached hydrogens (primary N) is 1. The van der Waals surface area contributed by atoms with Gasteiger partial charge in [0.25, 0.3) is 0 Å². The van der Waals surface area contributed by atoms with E-state index in [-0.39, 0.29) is 18.5 Å². The number of hydrogen-bond donors (Lipinski definition) is 1. The third-order valence-corrected chi connectivity index (χ3v) is 2.07. The molecule has 64 valence electrons. The Kier molecular flexibility index (Phi) is 2.73. The van der Waals surface area contributed by atoms with Gasteiger partial charge in [-0.15, -0.1) is 12.4 Å². The standard InChI is InChI=1S/C7H12N2O.ClH/c8-4-6-3-7(9-10-6)5-1-2-5;/h5-6H,1-4,8H2;1H. The fourth-order valence-corrected chi connectivity index (χ4v) is 1.23. The van der Waals surface area contributed by atoms with Gasteiger partial charge in [-0.2, -0.15) is 0 Å². The second-order valence-corrected chi connectivity index (χ2v) is 3.02. The van der Waals surface area contributed by atoms with E-state index in [1.54, 1.807) is 0 Å². The molecule has 0 spiro atoms. The topological polar surface area (TPSA) is 47.6 Å². The van der Waals surface area contributed by atoms with Crippen molar-refractivity contribution in [1.82, 2.24) is 0 Å². The summed E-state index contributed by atoms with van der Waals surface area (Å²) in [5, 5.41) is 3.99. The summed E-state index contributed by atoms with van der Waals surface area (Å²) in [6.07, 6.45) is 3.76. The number of halogens is 1. The summed E-state index contributed by atoms with van der Waals surface area (Å²) >= 11 is 0. The van der Waals surface area contributed by atoms with Crippen molar-refractivity contribution in [2.45, 2.75) is 25.4 Å². The molecule has 2 rings (SSSR count). The minimum atomic E-state index is 0. The molecule has 0 bridgehead atoms. The van der Waals surface area contributed by atoms with Crippen LogP contribution in [0, 0.1) is 5.92 Å². The van der Waals surface area contributed by atoms with E-state index < -0.39 is 0 Å². The highest BCUT2D eigenvalue weighted by Gasteiger charge is 2.33. The molecule has 11 heavy (non-hydrogen) atoms. The van der Waals surface area contributed by atoms with Gasteiger partial charge in [0.1, 0.15) is 6.10 Å². The molecule has 4 heteroatoms. The molecule has 1 aliphatic heterocycles. The SMILES string of the molecule is Cl.NCC1CC(C2CC2)=NO1. The van der Waals surface area contributed by atoms with Crippen LogP contribution >= 0.6 is 12.4 Å². The minimum absolute atomic E-state index is 0. The lowest BCUT2D eigenvalue weighted by Crippen LogP contribution is -2.20. The van der Waals surface area contributed by atoms with Crippen LogP contribution in [0.4, 0.5) is 0 Å². The first kappa shape index (κ1) is 8.81. The average molecular weight is 177 g/mol. The van der Waals surface area contributed by atoms with Crippen molar-refractivity contribution in [3.8, 4) is 0 Å². The molecular formula is C7H13ClN2O. The maximum absolute atomic E-state index is 5.42. The number of hydrogen-bond acceptors (Lipinski definition) is 3. The monoisotopic (exact) mass is 176 g/mol. The summed E-state index contributed by atoms with van der Waals surface area (Å²) in [6, 6.07) is 0. The molecule has 2 N–H and O–H groups in total. The van der Waals surface area contributed by atoms with Gasteiger partial charge in [-0.25, -0.2) is 0 Å². The quantitative estimate of drug-likeness (QED) is 0.680. The van der Waals surface area contributed by atoms with Crippen LogP contribution < -0.4 is 5.73 Å². The van der Waals surface area contributed by atoms with Gasteiger partial charge in [0, 0.05) is 18.9 Å². The summed E-state index contributed by atoms with van der Waals surface area (Å²) in [6.45, 7) is 0.597. The van der Waals surface area contributed by atoms with Crippen LogP contribution in [0.5, 0.6) is 0 Å². The molecule has 3 nitrogen and oxygen atoms in total. The molecule has 2 aliphatic rings. The van der Waals surface area contributed by atoms with Crippen molar-refractivity contribution in [2.75, 3.05) is 6.54 Å². The van der Waals surface area contributed by atoms with Gasteiger partial charge in [-0.3, -0.25) is 0 Å². The van der Waals surface area contributed by atoms with E-state index in [0.29, 0.717) is 6.54 Å². The summed E-state index contributed by atoms with van der Waals surface area (Å²) in [5.41, 5.74) is 6.66. The maximum atomic E-state index is 5.42. The van der Waals surface area contributed by atoms with Crippen molar-refractivity contribution < 1.29 is 4.84 Å². The second-order valence-electron chi connectivity index (χ2n) is 3.02. The van der Waals surface area contributed by atoms with Gasteiger partial charge in [0.2, 0.25) is 0 Å². The lowest BCUT2D eigenvalue weighted by molar-refractivity contribution is 0.0918.